The molecule has 0 saturated heterocycles. The molecule has 0 saturated carbocycles. The lowest BCUT2D eigenvalue weighted by molar-refractivity contribution is -0.132. The first kappa shape index (κ1) is 18.5. The van der Waals surface area contributed by atoms with Crippen molar-refractivity contribution in [3.63, 3.8) is 0 Å². The number of amides is 1. The monoisotopic (exact) mass is 365 g/mol. The first-order valence-electron chi connectivity index (χ1n) is 7.64. The van der Waals surface area contributed by atoms with Crippen LogP contribution in [0.25, 0.3) is 0 Å². The van der Waals surface area contributed by atoms with Crippen LogP contribution in [0.15, 0.2) is 41.8 Å². The minimum atomic E-state index is -1.03. The molecule has 4 nitrogen and oxygen atoms in total. The number of benzene rings is 1. The predicted molar refractivity (Wildman–Crippen MR) is 96.4 cm³/mol. The molecule has 0 aliphatic carbocycles. The van der Waals surface area contributed by atoms with Gasteiger partial charge in [-0.1, -0.05) is 36.7 Å². The Morgan fingerprint density at radius 3 is 2.46 bits per heavy atom. The number of hydrogen-bond donors (Lipinski definition) is 1. The largest absolute Gasteiger partial charge is 0.443 e. The molecule has 0 bridgehead atoms. The maximum Gasteiger partial charge on any atom is 0.349 e. The van der Waals surface area contributed by atoms with Crippen LogP contribution in [0.4, 0.5) is 0 Å². The molecule has 0 aliphatic heterocycles. The predicted octanol–water partition coefficient (Wildman–Crippen LogP) is 4.60. The molecule has 0 fully saturated rings. The van der Waals surface area contributed by atoms with Crippen LogP contribution in [0, 0.1) is 0 Å². The van der Waals surface area contributed by atoms with Crippen molar-refractivity contribution in [2.24, 2.45) is 0 Å². The number of hydrogen-bond acceptors (Lipinski definition) is 4. The maximum absolute atomic E-state index is 12.7. The SMILES string of the molecule is CCC(C)(C)NC(=O)[C@H](OC(=O)c1cccs1)c1ccc(Cl)cc1. The number of esters is 1. The normalized spacial score (nSPS) is 12.5. The lowest BCUT2D eigenvalue weighted by Gasteiger charge is -2.27. The average Bonchev–Trinajstić information content (AvgIpc) is 3.07. The molecule has 1 heterocycles. The molecule has 2 rings (SSSR count). The highest BCUT2D eigenvalue weighted by Crippen LogP contribution is 2.24. The van der Waals surface area contributed by atoms with Gasteiger partial charge in [-0.25, -0.2) is 4.79 Å². The zero-order chi connectivity index (χ0) is 17.7. The average molecular weight is 366 g/mol. The van der Waals surface area contributed by atoms with Crippen LogP contribution >= 0.6 is 22.9 Å². The Kier molecular flexibility index (Phi) is 6.02. The fourth-order valence-corrected chi connectivity index (χ4v) is 2.69. The van der Waals surface area contributed by atoms with E-state index in [2.05, 4.69) is 5.32 Å². The number of nitrogens with one attached hydrogen (secondary N) is 1. The van der Waals surface area contributed by atoms with E-state index in [-0.39, 0.29) is 5.91 Å². The minimum absolute atomic E-state index is 0.353. The topological polar surface area (TPSA) is 55.4 Å². The third-order valence-corrected chi connectivity index (χ3v) is 4.81. The molecular formula is C18H20ClNO3S. The van der Waals surface area contributed by atoms with E-state index >= 15 is 0 Å². The van der Waals surface area contributed by atoms with Crippen molar-refractivity contribution in [1.82, 2.24) is 5.32 Å². The fraction of sp³-hybridized carbons (Fsp3) is 0.333. The Labute approximate surface area is 150 Å². The van der Waals surface area contributed by atoms with Crippen LogP contribution in [-0.4, -0.2) is 17.4 Å². The summed E-state index contributed by atoms with van der Waals surface area (Å²) in [7, 11) is 0. The van der Waals surface area contributed by atoms with Gasteiger partial charge in [0.1, 0.15) is 4.88 Å². The number of rotatable bonds is 6. The van der Waals surface area contributed by atoms with E-state index in [0.717, 1.165) is 6.42 Å². The molecule has 0 radical (unpaired) electrons. The maximum atomic E-state index is 12.7. The zero-order valence-electron chi connectivity index (χ0n) is 13.8. The molecule has 1 aromatic heterocycles. The summed E-state index contributed by atoms with van der Waals surface area (Å²) in [6.45, 7) is 5.82. The van der Waals surface area contributed by atoms with Gasteiger partial charge in [0.2, 0.25) is 6.10 Å². The molecule has 0 spiro atoms. The second kappa shape index (κ2) is 7.81. The third kappa shape index (κ3) is 4.82. The van der Waals surface area contributed by atoms with Gasteiger partial charge in [-0.3, -0.25) is 4.79 Å². The molecule has 1 N–H and O–H groups in total. The molecule has 1 atom stereocenters. The van der Waals surface area contributed by atoms with Gasteiger partial charge >= 0.3 is 5.97 Å². The highest BCUT2D eigenvalue weighted by Gasteiger charge is 2.29. The smallest absolute Gasteiger partial charge is 0.349 e. The van der Waals surface area contributed by atoms with Crippen molar-refractivity contribution in [1.29, 1.82) is 0 Å². The van der Waals surface area contributed by atoms with E-state index in [1.165, 1.54) is 11.3 Å². The van der Waals surface area contributed by atoms with Gasteiger partial charge in [-0.05, 0) is 43.8 Å². The van der Waals surface area contributed by atoms with Crippen LogP contribution in [-0.2, 0) is 9.53 Å². The molecule has 24 heavy (non-hydrogen) atoms. The van der Waals surface area contributed by atoms with Crippen molar-refractivity contribution >= 4 is 34.8 Å². The number of halogens is 1. The van der Waals surface area contributed by atoms with Crippen molar-refractivity contribution in [3.8, 4) is 0 Å². The van der Waals surface area contributed by atoms with Gasteiger partial charge in [-0.2, -0.15) is 0 Å². The number of ether oxygens (including phenoxy) is 1. The molecular weight excluding hydrogens is 346 g/mol. The van der Waals surface area contributed by atoms with Crippen LogP contribution in [0.1, 0.15) is 48.5 Å². The summed E-state index contributed by atoms with van der Waals surface area (Å²) < 4.78 is 5.49. The van der Waals surface area contributed by atoms with E-state index < -0.39 is 17.6 Å². The summed E-state index contributed by atoms with van der Waals surface area (Å²) >= 11 is 7.18. The second-order valence-electron chi connectivity index (χ2n) is 6.04. The Morgan fingerprint density at radius 2 is 1.92 bits per heavy atom. The number of carbonyl (C=O) groups excluding carboxylic acids is 2. The second-order valence-corrected chi connectivity index (χ2v) is 7.43. The number of carbonyl (C=O) groups is 2. The van der Waals surface area contributed by atoms with Gasteiger partial charge in [0, 0.05) is 16.1 Å². The van der Waals surface area contributed by atoms with Crippen LogP contribution in [0.2, 0.25) is 5.02 Å². The third-order valence-electron chi connectivity index (χ3n) is 3.70. The zero-order valence-corrected chi connectivity index (χ0v) is 15.4. The van der Waals surface area contributed by atoms with Crippen molar-refractivity contribution < 1.29 is 14.3 Å². The lowest BCUT2D eigenvalue weighted by atomic mass is 10.0. The van der Waals surface area contributed by atoms with Gasteiger partial charge in [0.25, 0.3) is 5.91 Å². The Hall–Kier alpha value is -1.85. The molecule has 2 aromatic rings. The first-order valence-corrected chi connectivity index (χ1v) is 8.90. The van der Waals surface area contributed by atoms with Gasteiger partial charge in [0.15, 0.2) is 0 Å². The van der Waals surface area contributed by atoms with E-state index in [4.69, 9.17) is 16.3 Å². The summed E-state index contributed by atoms with van der Waals surface area (Å²) in [6, 6.07) is 10.1. The Morgan fingerprint density at radius 1 is 1.25 bits per heavy atom. The standard InChI is InChI=1S/C18H20ClNO3S/c1-4-18(2,3)20-16(21)15(12-7-9-13(19)10-8-12)23-17(22)14-6-5-11-24-14/h5-11,15H,4H2,1-3H3,(H,20,21)/t15-/m1/s1. The summed E-state index contributed by atoms with van der Waals surface area (Å²) in [4.78, 5) is 25.4. The Balaban J connectivity index is 2.25. The van der Waals surface area contributed by atoms with Gasteiger partial charge < -0.3 is 10.1 Å². The van der Waals surface area contributed by atoms with Crippen LogP contribution in [0.3, 0.4) is 0 Å². The minimum Gasteiger partial charge on any atom is -0.443 e. The number of thiophene rings is 1. The van der Waals surface area contributed by atoms with Crippen molar-refractivity contribution in [2.45, 2.75) is 38.8 Å². The molecule has 1 aromatic carbocycles. The van der Waals surface area contributed by atoms with E-state index in [1.807, 2.05) is 20.8 Å². The van der Waals surface area contributed by atoms with E-state index in [1.54, 1.807) is 41.8 Å². The summed E-state index contributed by atoms with van der Waals surface area (Å²) in [5.74, 6) is -0.872. The molecule has 1 amide bonds. The molecule has 128 valence electrons. The lowest BCUT2D eigenvalue weighted by Crippen LogP contribution is -2.45. The van der Waals surface area contributed by atoms with E-state index in [0.29, 0.717) is 15.5 Å². The van der Waals surface area contributed by atoms with Gasteiger partial charge in [-0.15, -0.1) is 11.3 Å². The first-order chi connectivity index (χ1) is 11.3. The van der Waals surface area contributed by atoms with Gasteiger partial charge in [0.05, 0.1) is 0 Å². The van der Waals surface area contributed by atoms with Crippen molar-refractivity contribution in [3.05, 3.63) is 57.2 Å². The quantitative estimate of drug-likeness (QED) is 0.761. The highest BCUT2D eigenvalue weighted by atomic mass is 35.5. The summed E-state index contributed by atoms with van der Waals surface area (Å²) in [5, 5.41) is 5.26. The van der Waals surface area contributed by atoms with Crippen LogP contribution < -0.4 is 5.32 Å². The summed E-state index contributed by atoms with van der Waals surface area (Å²) in [5.41, 5.74) is 0.186. The molecule has 0 aliphatic rings. The van der Waals surface area contributed by atoms with E-state index in [9.17, 15) is 9.59 Å². The Bertz CT molecular complexity index is 696. The highest BCUT2D eigenvalue weighted by molar-refractivity contribution is 7.11. The fourth-order valence-electron chi connectivity index (χ4n) is 1.96. The molecule has 6 heteroatoms. The van der Waals surface area contributed by atoms with Crippen LogP contribution in [0.5, 0.6) is 0 Å². The molecule has 0 unspecified atom stereocenters. The summed E-state index contributed by atoms with van der Waals surface area (Å²) in [6.07, 6.45) is -0.270. The van der Waals surface area contributed by atoms with Crippen molar-refractivity contribution in [2.75, 3.05) is 0 Å².